The second-order valence-corrected chi connectivity index (χ2v) is 6.24. The predicted molar refractivity (Wildman–Crippen MR) is 87.5 cm³/mol. The number of nitrogens with one attached hydrogen (secondary N) is 2. The summed E-state index contributed by atoms with van der Waals surface area (Å²) in [6, 6.07) is 0.111. The van der Waals surface area contributed by atoms with E-state index in [9.17, 15) is 9.59 Å². The van der Waals surface area contributed by atoms with Gasteiger partial charge in [-0.05, 0) is 51.6 Å². The Balaban J connectivity index is 0.00000400. The van der Waals surface area contributed by atoms with Crippen LogP contribution in [0.4, 0.5) is 0 Å². The molecular weight excluding hydrogens is 290 g/mol. The van der Waals surface area contributed by atoms with E-state index in [1.165, 1.54) is 4.90 Å². The Hall–Kier alpha value is -0.810. The fraction of sp³-hybridized carbons (Fsp3) is 0.867. The molecule has 1 saturated heterocycles. The van der Waals surface area contributed by atoms with E-state index in [0.29, 0.717) is 18.3 Å². The van der Waals surface area contributed by atoms with Crippen LogP contribution in [0.5, 0.6) is 0 Å². The minimum absolute atomic E-state index is 0. The van der Waals surface area contributed by atoms with Crippen molar-refractivity contribution in [2.24, 2.45) is 11.8 Å². The summed E-state index contributed by atoms with van der Waals surface area (Å²) in [4.78, 5) is 25.3. The van der Waals surface area contributed by atoms with Crippen molar-refractivity contribution >= 4 is 24.2 Å². The number of likely N-dealkylation sites (N-methyl/N-ethyl adjacent to an activating group) is 1. The zero-order valence-corrected chi connectivity index (χ0v) is 14.5. The zero-order chi connectivity index (χ0) is 15.1. The highest BCUT2D eigenvalue weighted by molar-refractivity contribution is 5.85. The van der Waals surface area contributed by atoms with E-state index < -0.39 is 0 Å². The van der Waals surface area contributed by atoms with Crippen molar-refractivity contribution in [1.29, 1.82) is 0 Å². The summed E-state index contributed by atoms with van der Waals surface area (Å²) in [5.74, 6) is 0.985. The van der Waals surface area contributed by atoms with Gasteiger partial charge in [-0.3, -0.25) is 9.59 Å². The molecule has 21 heavy (non-hydrogen) atoms. The average Bonchev–Trinajstić information content (AvgIpc) is 2.38. The molecule has 0 aromatic carbocycles. The standard InChI is InChI=1S/C15H29N3O2.ClH/c1-11(2)17-14(19)10-18(4)15(20)9-12(3)13-5-7-16-8-6-13;/h11-13,16H,5-10H2,1-4H3,(H,17,19);1H. The topological polar surface area (TPSA) is 61.4 Å². The number of carbonyl (C=O) groups excluding carboxylic acids is 2. The Morgan fingerprint density at radius 3 is 2.33 bits per heavy atom. The van der Waals surface area contributed by atoms with Gasteiger partial charge in [-0.1, -0.05) is 6.92 Å². The number of hydrogen-bond donors (Lipinski definition) is 2. The van der Waals surface area contributed by atoms with Crippen LogP contribution in [0, 0.1) is 11.8 Å². The van der Waals surface area contributed by atoms with E-state index in [4.69, 9.17) is 0 Å². The zero-order valence-electron chi connectivity index (χ0n) is 13.6. The van der Waals surface area contributed by atoms with Crippen molar-refractivity contribution in [2.75, 3.05) is 26.7 Å². The van der Waals surface area contributed by atoms with Gasteiger partial charge in [-0.15, -0.1) is 12.4 Å². The van der Waals surface area contributed by atoms with E-state index >= 15 is 0 Å². The molecule has 1 atom stereocenters. The van der Waals surface area contributed by atoms with Crippen molar-refractivity contribution < 1.29 is 9.59 Å². The highest BCUT2D eigenvalue weighted by Crippen LogP contribution is 2.24. The van der Waals surface area contributed by atoms with Gasteiger partial charge in [0.2, 0.25) is 11.8 Å². The summed E-state index contributed by atoms with van der Waals surface area (Å²) < 4.78 is 0. The van der Waals surface area contributed by atoms with Gasteiger partial charge in [-0.25, -0.2) is 0 Å². The lowest BCUT2D eigenvalue weighted by Gasteiger charge is -2.29. The van der Waals surface area contributed by atoms with Crippen molar-refractivity contribution in [3.05, 3.63) is 0 Å². The summed E-state index contributed by atoms with van der Waals surface area (Å²) in [5, 5.41) is 6.15. The smallest absolute Gasteiger partial charge is 0.239 e. The Bertz CT molecular complexity index is 331. The molecule has 1 aliphatic rings. The van der Waals surface area contributed by atoms with E-state index in [-0.39, 0.29) is 36.8 Å². The highest BCUT2D eigenvalue weighted by Gasteiger charge is 2.23. The number of amides is 2. The second-order valence-electron chi connectivity index (χ2n) is 6.24. The normalized spacial score (nSPS) is 17.0. The molecule has 1 heterocycles. The van der Waals surface area contributed by atoms with Gasteiger partial charge in [0.25, 0.3) is 0 Å². The highest BCUT2D eigenvalue weighted by atomic mass is 35.5. The van der Waals surface area contributed by atoms with Crippen LogP contribution in [0.25, 0.3) is 0 Å². The molecule has 6 heteroatoms. The van der Waals surface area contributed by atoms with Crippen molar-refractivity contribution in [3.8, 4) is 0 Å². The molecule has 1 rings (SSSR count). The van der Waals surface area contributed by atoms with Gasteiger partial charge in [-0.2, -0.15) is 0 Å². The maximum Gasteiger partial charge on any atom is 0.239 e. The molecule has 0 spiro atoms. The number of hydrogen-bond acceptors (Lipinski definition) is 3. The summed E-state index contributed by atoms with van der Waals surface area (Å²) in [7, 11) is 1.71. The third kappa shape index (κ3) is 7.67. The molecule has 2 N–H and O–H groups in total. The second kappa shape index (κ2) is 10.0. The van der Waals surface area contributed by atoms with Crippen LogP contribution < -0.4 is 10.6 Å². The van der Waals surface area contributed by atoms with Gasteiger partial charge >= 0.3 is 0 Å². The molecule has 5 nitrogen and oxygen atoms in total. The van der Waals surface area contributed by atoms with Crippen molar-refractivity contribution in [2.45, 2.75) is 46.1 Å². The first kappa shape index (κ1) is 20.2. The number of nitrogens with zero attached hydrogens (tertiary/aromatic N) is 1. The molecule has 1 fully saturated rings. The molecule has 124 valence electrons. The summed E-state index contributed by atoms with van der Waals surface area (Å²) in [6.45, 7) is 8.23. The molecule has 1 unspecified atom stereocenters. The van der Waals surface area contributed by atoms with Crippen molar-refractivity contribution in [3.63, 3.8) is 0 Å². The molecule has 0 bridgehead atoms. The van der Waals surface area contributed by atoms with Crippen LogP contribution in [0.15, 0.2) is 0 Å². The van der Waals surface area contributed by atoms with Crippen molar-refractivity contribution in [1.82, 2.24) is 15.5 Å². The van der Waals surface area contributed by atoms with E-state index in [1.807, 2.05) is 13.8 Å². The summed E-state index contributed by atoms with van der Waals surface area (Å²) in [6.07, 6.45) is 2.83. The van der Waals surface area contributed by atoms with Crippen LogP contribution in [0.3, 0.4) is 0 Å². The minimum Gasteiger partial charge on any atom is -0.352 e. The van der Waals surface area contributed by atoms with Gasteiger partial charge in [0, 0.05) is 19.5 Å². The van der Waals surface area contributed by atoms with E-state index in [1.54, 1.807) is 7.05 Å². The first-order valence-electron chi connectivity index (χ1n) is 7.64. The lowest BCUT2D eigenvalue weighted by Crippen LogP contribution is -2.41. The molecule has 0 aromatic heterocycles. The van der Waals surface area contributed by atoms with Crippen LogP contribution in [0.1, 0.15) is 40.0 Å². The third-order valence-electron chi connectivity index (χ3n) is 3.94. The van der Waals surface area contributed by atoms with Gasteiger partial charge in [0.1, 0.15) is 0 Å². The van der Waals surface area contributed by atoms with Crippen LogP contribution in [-0.4, -0.2) is 49.4 Å². The summed E-state index contributed by atoms with van der Waals surface area (Å²) in [5.41, 5.74) is 0. The quantitative estimate of drug-likeness (QED) is 0.778. The fourth-order valence-corrected chi connectivity index (χ4v) is 2.68. The molecule has 0 saturated carbocycles. The van der Waals surface area contributed by atoms with E-state index in [0.717, 1.165) is 25.9 Å². The number of halogens is 1. The van der Waals surface area contributed by atoms with Gasteiger partial charge < -0.3 is 15.5 Å². The van der Waals surface area contributed by atoms with Crippen LogP contribution >= 0.6 is 12.4 Å². The Morgan fingerprint density at radius 1 is 1.24 bits per heavy atom. The lowest BCUT2D eigenvalue weighted by molar-refractivity contribution is -0.135. The maximum atomic E-state index is 12.1. The SMILES string of the molecule is CC(C)NC(=O)CN(C)C(=O)CC(C)C1CCNCC1.Cl. The molecular formula is C15H30ClN3O2. The largest absolute Gasteiger partial charge is 0.352 e. The third-order valence-corrected chi connectivity index (χ3v) is 3.94. The molecule has 2 amide bonds. The van der Waals surface area contributed by atoms with Gasteiger partial charge in [0.05, 0.1) is 6.54 Å². The Morgan fingerprint density at radius 2 is 1.81 bits per heavy atom. The minimum atomic E-state index is -0.0923. The maximum absolute atomic E-state index is 12.1. The molecule has 0 aromatic rings. The first-order valence-corrected chi connectivity index (χ1v) is 7.64. The van der Waals surface area contributed by atoms with E-state index in [2.05, 4.69) is 17.6 Å². The molecule has 0 radical (unpaired) electrons. The van der Waals surface area contributed by atoms with Crippen LogP contribution in [-0.2, 0) is 9.59 Å². The predicted octanol–water partition coefficient (Wildman–Crippen LogP) is 1.42. The summed E-state index contributed by atoms with van der Waals surface area (Å²) >= 11 is 0. The fourth-order valence-electron chi connectivity index (χ4n) is 2.68. The molecule has 1 aliphatic heterocycles. The Kier molecular flexibility index (Phi) is 9.62. The molecule has 0 aliphatic carbocycles. The number of piperidine rings is 1. The number of rotatable bonds is 6. The number of carbonyl (C=O) groups is 2. The van der Waals surface area contributed by atoms with Gasteiger partial charge in [0.15, 0.2) is 0 Å². The Labute approximate surface area is 134 Å². The first-order chi connectivity index (χ1) is 9.40. The monoisotopic (exact) mass is 319 g/mol. The average molecular weight is 320 g/mol. The van der Waals surface area contributed by atoms with Crippen LogP contribution in [0.2, 0.25) is 0 Å². The lowest BCUT2D eigenvalue weighted by atomic mass is 9.84.